The summed E-state index contributed by atoms with van der Waals surface area (Å²) in [5.74, 6) is 0.0302. The number of allylic oxidation sites excluding steroid dienone is 1. The molecule has 1 saturated heterocycles. The Morgan fingerprint density at radius 2 is 2.00 bits per heavy atom. The summed E-state index contributed by atoms with van der Waals surface area (Å²) in [6.45, 7) is 10.5. The fraction of sp³-hybridized carbons (Fsp3) is 0.357. The quantitative estimate of drug-likeness (QED) is 0.681. The Hall–Kier alpha value is -3.18. The first-order valence-corrected chi connectivity index (χ1v) is 11.8. The third-order valence-corrected chi connectivity index (χ3v) is 6.43. The SMILES string of the molecule is CCC1=C(/C=C(\C)c2ccnc(/C=C/c3ccc(N4CCOCC4)cc3C)c2)C(=O)NCC1. The van der Waals surface area contributed by atoms with Gasteiger partial charge in [0.1, 0.15) is 0 Å². The Balaban J connectivity index is 1.52. The van der Waals surface area contributed by atoms with E-state index in [0.717, 1.165) is 68.1 Å². The van der Waals surface area contributed by atoms with Gasteiger partial charge < -0.3 is 15.0 Å². The number of hydrogen-bond acceptors (Lipinski definition) is 4. The summed E-state index contributed by atoms with van der Waals surface area (Å²) in [6, 6.07) is 10.7. The number of anilines is 1. The first-order valence-electron chi connectivity index (χ1n) is 11.8. The van der Waals surface area contributed by atoms with Crippen molar-refractivity contribution in [2.24, 2.45) is 0 Å². The molecule has 0 atom stereocenters. The average Bonchev–Trinajstić information content (AvgIpc) is 2.85. The van der Waals surface area contributed by atoms with Crippen LogP contribution < -0.4 is 10.2 Å². The molecule has 172 valence electrons. The Kier molecular flexibility index (Phi) is 7.40. The lowest BCUT2D eigenvalue weighted by Crippen LogP contribution is -2.36. The molecule has 2 aliphatic rings. The van der Waals surface area contributed by atoms with Gasteiger partial charge in [-0.1, -0.05) is 24.6 Å². The average molecular weight is 444 g/mol. The van der Waals surface area contributed by atoms with Crippen LogP contribution in [0.25, 0.3) is 17.7 Å². The molecular formula is C28H33N3O2. The van der Waals surface area contributed by atoms with Gasteiger partial charge in [0.2, 0.25) is 0 Å². The van der Waals surface area contributed by atoms with Crippen molar-refractivity contribution in [2.45, 2.75) is 33.6 Å². The molecule has 5 nitrogen and oxygen atoms in total. The van der Waals surface area contributed by atoms with E-state index in [1.807, 2.05) is 18.3 Å². The lowest BCUT2D eigenvalue weighted by Gasteiger charge is -2.29. The number of amides is 1. The molecule has 0 aliphatic carbocycles. The van der Waals surface area contributed by atoms with Crippen LogP contribution in [0.5, 0.6) is 0 Å². The van der Waals surface area contributed by atoms with E-state index in [9.17, 15) is 4.79 Å². The van der Waals surface area contributed by atoms with Crippen molar-refractivity contribution in [1.82, 2.24) is 10.3 Å². The predicted octanol–water partition coefficient (Wildman–Crippen LogP) is 5.03. The van der Waals surface area contributed by atoms with Gasteiger partial charge in [-0.25, -0.2) is 0 Å². The van der Waals surface area contributed by atoms with Gasteiger partial charge in [-0.3, -0.25) is 9.78 Å². The number of carbonyl (C=O) groups excluding carboxylic acids is 1. The standard InChI is InChI=1S/C28H33N3O2/c1-4-22-9-12-30-28(32)27(22)18-21(3)24-10-11-29-25(19-24)7-5-23-6-8-26(17-20(23)2)31-13-15-33-16-14-31/h5-8,10-11,17-19H,4,9,12-16H2,1-3H3,(H,30,32)/b7-5+,21-18+. The zero-order chi connectivity index (χ0) is 23.2. The Morgan fingerprint density at radius 3 is 2.76 bits per heavy atom. The zero-order valence-electron chi connectivity index (χ0n) is 19.9. The second kappa shape index (κ2) is 10.6. The summed E-state index contributed by atoms with van der Waals surface area (Å²) in [6.07, 6.45) is 9.85. The van der Waals surface area contributed by atoms with Crippen molar-refractivity contribution < 1.29 is 9.53 Å². The van der Waals surface area contributed by atoms with Gasteiger partial charge in [0.15, 0.2) is 0 Å². The van der Waals surface area contributed by atoms with Crippen LogP contribution in [0.4, 0.5) is 5.69 Å². The third kappa shape index (κ3) is 5.60. The van der Waals surface area contributed by atoms with Gasteiger partial charge in [0, 0.05) is 37.1 Å². The van der Waals surface area contributed by atoms with Crippen LogP contribution in [-0.2, 0) is 9.53 Å². The smallest absolute Gasteiger partial charge is 0.251 e. The molecule has 0 spiro atoms. The summed E-state index contributed by atoms with van der Waals surface area (Å²) < 4.78 is 5.46. The van der Waals surface area contributed by atoms with E-state index in [2.05, 4.69) is 72.4 Å². The number of morpholine rings is 1. The maximum absolute atomic E-state index is 12.4. The minimum absolute atomic E-state index is 0.0302. The predicted molar refractivity (Wildman–Crippen MR) is 136 cm³/mol. The molecule has 0 radical (unpaired) electrons. The minimum Gasteiger partial charge on any atom is -0.378 e. The van der Waals surface area contributed by atoms with Crippen LogP contribution in [0.1, 0.15) is 49.1 Å². The molecule has 2 aromatic rings. The molecule has 5 heteroatoms. The highest BCUT2D eigenvalue weighted by Gasteiger charge is 2.17. The molecule has 1 fully saturated rings. The van der Waals surface area contributed by atoms with Crippen LogP contribution in [-0.4, -0.2) is 43.7 Å². The van der Waals surface area contributed by atoms with Crippen LogP contribution >= 0.6 is 0 Å². The van der Waals surface area contributed by atoms with Crippen LogP contribution in [0.15, 0.2) is 53.8 Å². The number of nitrogens with zero attached hydrogens (tertiary/aromatic N) is 2. The Morgan fingerprint density at radius 1 is 1.18 bits per heavy atom. The van der Waals surface area contributed by atoms with Gasteiger partial charge in [-0.15, -0.1) is 0 Å². The van der Waals surface area contributed by atoms with Crippen molar-refractivity contribution in [2.75, 3.05) is 37.7 Å². The normalized spacial score (nSPS) is 17.6. The number of benzene rings is 1. The summed E-state index contributed by atoms with van der Waals surface area (Å²) in [4.78, 5) is 19.3. The van der Waals surface area contributed by atoms with E-state index in [1.165, 1.54) is 22.4 Å². The van der Waals surface area contributed by atoms with Gasteiger partial charge in [0.05, 0.1) is 18.9 Å². The van der Waals surface area contributed by atoms with Crippen molar-refractivity contribution >= 4 is 29.3 Å². The minimum atomic E-state index is 0.0302. The fourth-order valence-electron chi connectivity index (χ4n) is 4.38. The maximum atomic E-state index is 12.4. The number of aromatic nitrogens is 1. The molecule has 1 N–H and O–H groups in total. The topological polar surface area (TPSA) is 54.5 Å². The molecule has 1 amide bonds. The lowest BCUT2D eigenvalue weighted by molar-refractivity contribution is -0.117. The molecule has 2 aliphatic heterocycles. The van der Waals surface area contributed by atoms with E-state index in [1.54, 1.807) is 0 Å². The number of carbonyl (C=O) groups is 1. The van der Waals surface area contributed by atoms with Crippen molar-refractivity contribution in [3.05, 3.63) is 76.1 Å². The van der Waals surface area contributed by atoms with Gasteiger partial charge >= 0.3 is 0 Å². The van der Waals surface area contributed by atoms with Crippen molar-refractivity contribution in [3.63, 3.8) is 0 Å². The molecule has 3 heterocycles. The van der Waals surface area contributed by atoms with Crippen LogP contribution in [0.2, 0.25) is 0 Å². The highest BCUT2D eigenvalue weighted by Crippen LogP contribution is 2.24. The summed E-state index contributed by atoms with van der Waals surface area (Å²) >= 11 is 0. The number of ether oxygens (including phenoxy) is 1. The van der Waals surface area contributed by atoms with Gasteiger partial charge in [0.25, 0.3) is 5.91 Å². The third-order valence-electron chi connectivity index (χ3n) is 6.43. The largest absolute Gasteiger partial charge is 0.378 e. The lowest BCUT2D eigenvalue weighted by atomic mass is 9.95. The maximum Gasteiger partial charge on any atom is 0.251 e. The fourth-order valence-corrected chi connectivity index (χ4v) is 4.38. The number of rotatable bonds is 6. The monoisotopic (exact) mass is 443 g/mol. The summed E-state index contributed by atoms with van der Waals surface area (Å²) in [5.41, 5.74) is 8.75. The van der Waals surface area contributed by atoms with Crippen molar-refractivity contribution in [1.29, 1.82) is 0 Å². The van der Waals surface area contributed by atoms with E-state index in [4.69, 9.17) is 4.74 Å². The number of hydrogen-bond donors (Lipinski definition) is 1. The molecule has 33 heavy (non-hydrogen) atoms. The first-order chi connectivity index (χ1) is 16.0. The highest BCUT2D eigenvalue weighted by atomic mass is 16.5. The molecule has 0 bridgehead atoms. The number of nitrogens with one attached hydrogen (secondary N) is 1. The van der Waals surface area contributed by atoms with Crippen LogP contribution in [0.3, 0.4) is 0 Å². The second-order valence-corrected chi connectivity index (χ2v) is 8.65. The molecule has 1 aromatic heterocycles. The van der Waals surface area contributed by atoms with E-state index >= 15 is 0 Å². The number of aryl methyl sites for hydroxylation is 1. The Labute approximate surface area is 196 Å². The molecule has 1 aromatic carbocycles. The molecule has 0 unspecified atom stereocenters. The molecular weight excluding hydrogens is 410 g/mol. The van der Waals surface area contributed by atoms with Crippen LogP contribution in [0, 0.1) is 6.92 Å². The summed E-state index contributed by atoms with van der Waals surface area (Å²) in [7, 11) is 0. The van der Waals surface area contributed by atoms with E-state index < -0.39 is 0 Å². The first kappa shape index (κ1) is 23.0. The van der Waals surface area contributed by atoms with E-state index in [0.29, 0.717) is 0 Å². The molecule has 4 rings (SSSR count). The number of pyridine rings is 1. The molecule has 0 saturated carbocycles. The van der Waals surface area contributed by atoms with Crippen molar-refractivity contribution in [3.8, 4) is 0 Å². The highest BCUT2D eigenvalue weighted by molar-refractivity contribution is 5.99. The van der Waals surface area contributed by atoms with Gasteiger partial charge in [-0.2, -0.15) is 0 Å². The summed E-state index contributed by atoms with van der Waals surface area (Å²) in [5, 5.41) is 2.96. The second-order valence-electron chi connectivity index (χ2n) is 8.65. The van der Waals surface area contributed by atoms with E-state index in [-0.39, 0.29) is 5.91 Å². The zero-order valence-corrected chi connectivity index (χ0v) is 19.9. The Bertz CT molecular complexity index is 1110. The van der Waals surface area contributed by atoms with Gasteiger partial charge in [-0.05, 0) is 85.4 Å².